The zero-order valence-corrected chi connectivity index (χ0v) is 11.0. The quantitative estimate of drug-likeness (QED) is 0.622. The maximum Gasteiger partial charge on any atom is 0.280 e. The van der Waals surface area contributed by atoms with Gasteiger partial charge in [-0.2, -0.15) is 0 Å². The summed E-state index contributed by atoms with van der Waals surface area (Å²) < 4.78 is 0. The molecule has 1 aromatic heterocycles. The Bertz CT molecular complexity index is 869. The van der Waals surface area contributed by atoms with Gasteiger partial charge in [0.05, 0.1) is 11.0 Å². The summed E-state index contributed by atoms with van der Waals surface area (Å²) >= 11 is 0. The molecule has 6 nitrogen and oxygen atoms in total. The molecule has 0 aliphatic heterocycles. The lowest BCUT2D eigenvalue weighted by Gasteiger charge is -2.05. The highest BCUT2D eigenvalue weighted by Crippen LogP contribution is 2.12. The molecule has 3 rings (SSSR count). The van der Waals surface area contributed by atoms with Gasteiger partial charge in [-0.3, -0.25) is 9.59 Å². The van der Waals surface area contributed by atoms with E-state index in [2.05, 4.69) is 15.3 Å². The number of hydrogen-bond donors (Lipinski definition) is 3. The molecule has 0 saturated heterocycles. The van der Waals surface area contributed by atoms with Crippen molar-refractivity contribution < 1.29 is 4.79 Å². The molecule has 2 aromatic carbocycles. The van der Waals surface area contributed by atoms with Crippen LogP contribution >= 0.6 is 0 Å². The second-order valence-corrected chi connectivity index (χ2v) is 4.51. The molecule has 6 heteroatoms. The van der Waals surface area contributed by atoms with E-state index in [4.69, 9.17) is 5.73 Å². The number of para-hydroxylation sites is 2. The predicted octanol–water partition coefficient (Wildman–Crippen LogP) is 1.76. The Labute approximate surface area is 119 Å². The summed E-state index contributed by atoms with van der Waals surface area (Å²) in [5, 5.41) is 2.61. The van der Waals surface area contributed by atoms with Crippen molar-refractivity contribution >= 4 is 28.3 Å². The highest BCUT2D eigenvalue weighted by molar-refractivity contribution is 6.03. The first kappa shape index (κ1) is 12.9. The normalized spacial score (nSPS) is 10.5. The molecule has 4 N–H and O–H groups in total. The van der Waals surface area contributed by atoms with Crippen LogP contribution in [0.4, 0.5) is 11.4 Å². The molecular formula is C15H12N4O2. The van der Waals surface area contributed by atoms with Crippen molar-refractivity contribution in [2.24, 2.45) is 0 Å². The Morgan fingerprint density at radius 2 is 1.81 bits per heavy atom. The van der Waals surface area contributed by atoms with Gasteiger partial charge in [0, 0.05) is 11.4 Å². The van der Waals surface area contributed by atoms with Gasteiger partial charge in [0.1, 0.15) is 0 Å². The number of nitrogen functional groups attached to an aromatic ring is 1. The number of fused-ring (bicyclic) bond motifs is 1. The molecule has 21 heavy (non-hydrogen) atoms. The molecule has 0 unspecified atom stereocenters. The number of anilines is 2. The Kier molecular flexibility index (Phi) is 3.12. The van der Waals surface area contributed by atoms with Crippen molar-refractivity contribution in [1.29, 1.82) is 0 Å². The number of aromatic nitrogens is 2. The summed E-state index contributed by atoms with van der Waals surface area (Å²) in [5.41, 5.74) is 7.15. The summed E-state index contributed by atoms with van der Waals surface area (Å²) in [6, 6.07) is 13.7. The molecular weight excluding hydrogens is 268 g/mol. The topological polar surface area (TPSA) is 101 Å². The van der Waals surface area contributed by atoms with Crippen LogP contribution in [-0.2, 0) is 0 Å². The monoisotopic (exact) mass is 280 g/mol. The highest BCUT2D eigenvalue weighted by atomic mass is 16.2. The molecule has 0 radical (unpaired) electrons. The SMILES string of the molecule is Nc1ccc(NC(=O)c2nc3ccccc3[nH]c2=O)cc1. The van der Waals surface area contributed by atoms with Crippen LogP contribution in [-0.4, -0.2) is 15.9 Å². The molecule has 1 amide bonds. The van der Waals surface area contributed by atoms with Gasteiger partial charge in [-0.05, 0) is 36.4 Å². The number of amides is 1. The lowest BCUT2D eigenvalue weighted by Crippen LogP contribution is -2.25. The Morgan fingerprint density at radius 1 is 1.10 bits per heavy atom. The maximum atomic E-state index is 12.1. The van der Waals surface area contributed by atoms with E-state index in [1.54, 1.807) is 48.5 Å². The largest absolute Gasteiger partial charge is 0.399 e. The van der Waals surface area contributed by atoms with Crippen LogP contribution in [0.25, 0.3) is 11.0 Å². The van der Waals surface area contributed by atoms with Crippen LogP contribution in [0.2, 0.25) is 0 Å². The number of carbonyl (C=O) groups is 1. The minimum absolute atomic E-state index is 0.175. The summed E-state index contributed by atoms with van der Waals surface area (Å²) in [6.07, 6.45) is 0. The number of rotatable bonds is 2. The number of hydrogen-bond acceptors (Lipinski definition) is 4. The van der Waals surface area contributed by atoms with Gasteiger partial charge in [0.25, 0.3) is 11.5 Å². The van der Waals surface area contributed by atoms with Crippen molar-refractivity contribution in [3.63, 3.8) is 0 Å². The zero-order chi connectivity index (χ0) is 14.8. The van der Waals surface area contributed by atoms with E-state index < -0.39 is 11.5 Å². The molecule has 0 saturated carbocycles. The molecule has 104 valence electrons. The molecule has 1 heterocycles. The minimum Gasteiger partial charge on any atom is -0.399 e. The smallest absolute Gasteiger partial charge is 0.280 e. The van der Waals surface area contributed by atoms with Crippen LogP contribution in [0.5, 0.6) is 0 Å². The van der Waals surface area contributed by atoms with Gasteiger partial charge in [-0.15, -0.1) is 0 Å². The Balaban J connectivity index is 1.95. The molecule has 0 aliphatic carbocycles. The van der Waals surface area contributed by atoms with E-state index in [1.807, 2.05) is 0 Å². The average molecular weight is 280 g/mol. The van der Waals surface area contributed by atoms with Gasteiger partial charge in [0.2, 0.25) is 0 Å². The second-order valence-electron chi connectivity index (χ2n) is 4.51. The highest BCUT2D eigenvalue weighted by Gasteiger charge is 2.13. The first-order valence-electron chi connectivity index (χ1n) is 6.29. The lowest BCUT2D eigenvalue weighted by molar-refractivity contribution is 0.102. The Hall–Kier alpha value is -3.15. The van der Waals surface area contributed by atoms with Crippen molar-refractivity contribution in [2.45, 2.75) is 0 Å². The van der Waals surface area contributed by atoms with E-state index in [-0.39, 0.29) is 5.69 Å². The second kappa shape index (κ2) is 5.09. The number of nitrogens with zero attached hydrogens (tertiary/aromatic N) is 1. The van der Waals surface area contributed by atoms with E-state index in [9.17, 15) is 9.59 Å². The fraction of sp³-hybridized carbons (Fsp3) is 0. The van der Waals surface area contributed by atoms with Gasteiger partial charge in [0.15, 0.2) is 5.69 Å². The molecule has 0 aliphatic rings. The molecule has 0 bridgehead atoms. The third kappa shape index (κ3) is 2.59. The van der Waals surface area contributed by atoms with Gasteiger partial charge in [-0.1, -0.05) is 12.1 Å². The molecule has 0 fully saturated rings. The first-order chi connectivity index (χ1) is 10.1. The van der Waals surface area contributed by atoms with Gasteiger partial charge < -0.3 is 16.0 Å². The zero-order valence-electron chi connectivity index (χ0n) is 11.0. The van der Waals surface area contributed by atoms with Crippen LogP contribution in [0.1, 0.15) is 10.5 Å². The number of aromatic amines is 1. The van der Waals surface area contributed by atoms with Crippen molar-refractivity contribution in [1.82, 2.24) is 9.97 Å². The molecule has 0 atom stereocenters. The third-order valence-corrected chi connectivity index (χ3v) is 2.98. The van der Waals surface area contributed by atoms with Gasteiger partial charge >= 0.3 is 0 Å². The summed E-state index contributed by atoms with van der Waals surface area (Å²) in [4.78, 5) is 30.8. The van der Waals surface area contributed by atoms with Crippen LogP contribution < -0.4 is 16.6 Å². The number of carbonyl (C=O) groups excluding carboxylic acids is 1. The summed E-state index contributed by atoms with van der Waals surface area (Å²) in [7, 11) is 0. The maximum absolute atomic E-state index is 12.1. The predicted molar refractivity (Wildman–Crippen MR) is 81.2 cm³/mol. The van der Waals surface area contributed by atoms with E-state index in [0.29, 0.717) is 22.4 Å². The fourth-order valence-corrected chi connectivity index (χ4v) is 1.94. The fourth-order valence-electron chi connectivity index (χ4n) is 1.94. The van der Waals surface area contributed by atoms with Crippen molar-refractivity contribution in [2.75, 3.05) is 11.1 Å². The van der Waals surface area contributed by atoms with Crippen LogP contribution in [0.15, 0.2) is 53.3 Å². The van der Waals surface area contributed by atoms with Crippen molar-refractivity contribution in [3.8, 4) is 0 Å². The first-order valence-corrected chi connectivity index (χ1v) is 6.29. The molecule has 0 spiro atoms. The summed E-state index contributed by atoms with van der Waals surface area (Å²) in [5.74, 6) is -0.563. The van der Waals surface area contributed by atoms with Crippen LogP contribution in [0, 0.1) is 0 Å². The number of nitrogens with two attached hydrogens (primary N) is 1. The third-order valence-electron chi connectivity index (χ3n) is 2.98. The lowest BCUT2D eigenvalue weighted by atomic mass is 10.2. The standard InChI is InChI=1S/C15H12N4O2/c16-9-5-7-10(8-6-9)17-14(20)13-15(21)19-12-4-2-1-3-11(12)18-13/h1-8H,16H2,(H,17,20)(H,19,21). The van der Waals surface area contributed by atoms with E-state index in [0.717, 1.165) is 0 Å². The van der Waals surface area contributed by atoms with Gasteiger partial charge in [-0.25, -0.2) is 4.98 Å². The van der Waals surface area contributed by atoms with E-state index >= 15 is 0 Å². The summed E-state index contributed by atoms with van der Waals surface area (Å²) in [6.45, 7) is 0. The van der Waals surface area contributed by atoms with Crippen LogP contribution in [0.3, 0.4) is 0 Å². The number of nitrogens with one attached hydrogen (secondary N) is 2. The average Bonchev–Trinajstić information content (AvgIpc) is 2.49. The minimum atomic E-state index is -0.563. The molecule has 3 aromatic rings. The number of benzene rings is 2. The van der Waals surface area contributed by atoms with Crippen molar-refractivity contribution in [3.05, 3.63) is 64.6 Å². The van der Waals surface area contributed by atoms with E-state index in [1.165, 1.54) is 0 Å². The number of H-pyrrole nitrogens is 1. The Morgan fingerprint density at radius 3 is 2.57 bits per heavy atom.